The molecular formula is C26H32F4O3S. The van der Waals surface area contributed by atoms with Crippen LogP contribution in [-0.2, 0) is 10.1 Å². The van der Waals surface area contributed by atoms with Crippen molar-refractivity contribution in [2.24, 2.45) is 17.8 Å². The van der Waals surface area contributed by atoms with Crippen LogP contribution in [0.25, 0.3) is 10.8 Å². The van der Waals surface area contributed by atoms with Crippen LogP contribution in [0.1, 0.15) is 82.6 Å². The molecule has 0 N–H and O–H groups in total. The minimum absolute atomic E-state index is 0.0381. The van der Waals surface area contributed by atoms with Gasteiger partial charge in [0.1, 0.15) is 0 Å². The normalized spacial score (nSPS) is 26.5. The summed E-state index contributed by atoms with van der Waals surface area (Å²) < 4.78 is 79.0. The standard InChI is InChI=1S/C26H32F4O3S/c1-2-3-17-4-6-18(7-5-17)19-8-10-20(11-9-19)21-12-14-23-22(16-21)13-15-24(25(23)27)33-34(31,32)26(28,29)30/h12-20H,2-11H2,1H3. The first kappa shape index (κ1) is 25.3. The third-order valence-corrected chi connectivity index (χ3v) is 8.89. The smallest absolute Gasteiger partial charge is 0.373 e. The van der Waals surface area contributed by atoms with Crippen LogP contribution < -0.4 is 4.18 Å². The van der Waals surface area contributed by atoms with E-state index in [1.165, 1.54) is 63.5 Å². The molecule has 2 aromatic rings. The van der Waals surface area contributed by atoms with E-state index in [1.807, 2.05) is 6.07 Å². The number of halogens is 4. The lowest BCUT2D eigenvalue weighted by atomic mass is 9.68. The molecule has 0 spiro atoms. The average Bonchev–Trinajstić information content (AvgIpc) is 2.81. The second kappa shape index (κ2) is 10.0. The Labute approximate surface area is 199 Å². The molecule has 8 heteroatoms. The topological polar surface area (TPSA) is 43.4 Å². The van der Waals surface area contributed by atoms with Crippen molar-refractivity contribution in [3.63, 3.8) is 0 Å². The number of hydrogen-bond donors (Lipinski definition) is 0. The summed E-state index contributed by atoms with van der Waals surface area (Å²) in [5, 5.41) is 0.555. The molecule has 188 valence electrons. The average molecular weight is 501 g/mol. The molecule has 0 radical (unpaired) electrons. The maximum Gasteiger partial charge on any atom is 0.534 e. The Morgan fingerprint density at radius 3 is 2.12 bits per heavy atom. The number of hydrogen-bond acceptors (Lipinski definition) is 3. The van der Waals surface area contributed by atoms with E-state index in [2.05, 4.69) is 11.1 Å². The fourth-order valence-electron chi connectivity index (χ4n) is 6.05. The maximum absolute atomic E-state index is 14.7. The van der Waals surface area contributed by atoms with Crippen molar-refractivity contribution >= 4 is 20.9 Å². The van der Waals surface area contributed by atoms with Crippen molar-refractivity contribution in [1.82, 2.24) is 0 Å². The molecule has 2 saturated carbocycles. The van der Waals surface area contributed by atoms with E-state index in [-0.39, 0.29) is 5.39 Å². The van der Waals surface area contributed by atoms with Gasteiger partial charge in [-0.15, -0.1) is 0 Å². The number of rotatable bonds is 6. The van der Waals surface area contributed by atoms with Gasteiger partial charge >= 0.3 is 15.6 Å². The number of alkyl halides is 3. The first-order valence-corrected chi connectivity index (χ1v) is 13.7. The lowest BCUT2D eigenvalue weighted by molar-refractivity contribution is -0.0500. The summed E-state index contributed by atoms with van der Waals surface area (Å²) in [4.78, 5) is 0. The van der Waals surface area contributed by atoms with E-state index >= 15 is 0 Å². The molecule has 3 nitrogen and oxygen atoms in total. The molecule has 0 aromatic heterocycles. The highest BCUT2D eigenvalue weighted by molar-refractivity contribution is 7.88. The highest BCUT2D eigenvalue weighted by Gasteiger charge is 2.49. The van der Waals surface area contributed by atoms with Gasteiger partial charge in [0, 0.05) is 5.39 Å². The van der Waals surface area contributed by atoms with E-state index in [0.717, 1.165) is 42.2 Å². The molecule has 0 atom stereocenters. The Balaban J connectivity index is 1.41. The van der Waals surface area contributed by atoms with Crippen LogP contribution in [-0.4, -0.2) is 13.9 Å². The molecule has 2 fully saturated rings. The highest BCUT2D eigenvalue weighted by Crippen LogP contribution is 2.45. The Morgan fingerprint density at radius 1 is 0.912 bits per heavy atom. The van der Waals surface area contributed by atoms with Crippen molar-refractivity contribution in [2.45, 2.75) is 82.6 Å². The molecule has 0 aliphatic heterocycles. The monoisotopic (exact) mass is 500 g/mol. The predicted molar refractivity (Wildman–Crippen MR) is 125 cm³/mol. The molecular weight excluding hydrogens is 468 g/mol. The van der Waals surface area contributed by atoms with Crippen LogP contribution in [0.3, 0.4) is 0 Å². The van der Waals surface area contributed by atoms with Gasteiger partial charge < -0.3 is 4.18 Å². The van der Waals surface area contributed by atoms with Gasteiger partial charge in [-0.2, -0.15) is 21.6 Å². The minimum atomic E-state index is -5.93. The summed E-state index contributed by atoms with van der Waals surface area (Å²) in [7, 11) is -5.93. The molecule has 2 aliphatic carbocycles. The number of fused-ring (bicyclic) bond motifs is 1. The Hall–Kier alpha value is -1.83. The summed E-state index contributed by atoms with van der Waals surface area (Å²) in [5.41, 5.74) is -4.53. The second-order valence-electron chi connectivity index (χ2n) is 10.0. The Morgan fingerprint density at radius 2 is 1.53 bits per heavy atom. The van der Waals surface area contributed by atoms with Crippen molar-refractivity contribution < 1.29 is 30.2 Å². The van der Waals surface area contributed by atoms with Gasteiger partial charge in [0.05, 0.1) is 0 Å². The molecule has 2 aliphatic rings. The minimum Gasteiger partial charge on any atom is -0.373 e. The molecule has 4 rings (SSSR count). The molecule has 34 heavy (non-hydrogen) atoms. The van der Waals surface area contributed by atoms with Gasteiger partial charge in [-0.05, 0) is 79.2 Å². The molecule has 0 saturated heterocycles. The Kier molecular flexibility index (Phi) is 7.46. The third-order valence-electron chi connectivity index (χ3n) is 7.92. The van der Waals surface area contributed by atoms with Crippen molar-refractivity contribution in [1.29, 1.82) is 0 Å². The van der Waals surface area contributed by atoms with E-state index in [0.29, 0.717) is 11.3 Å². The van der Waals surface area contributed by atoms with Gasteiger partial charge in [-0.1, -0.05) is 56.9 Å². The van der Waals surface area contributed by atoms with E-state index in [9.17, 15) is 26.0 Å². The molecule has 0 bridgehead atoms. The van der Waals surface area contributed by atoms with Gasteiger partial charge in [-0.3, -0.25) is 0 Å². The first-order valence-electron chi connectivity index (χ1n) is 12.3. The zero-order valence-corrected chi connectivity index (χ0v) is 20.2. The molecule has 2 aromatic carbocycles. The predicted octanol–water partition coefficient (Wildman–Crippen LogP) is 8.09. The summed E-state index contributed by atoms with van der Waals surface area (Å²) in [6.45, 7) is 2.26. The fraction of sp³-hybridized carbons (Fsp3) is 0.615. The van der Waals surface area contributed by atoms with Gasteiger partial charge in [-0.25, -0.2) is 4.39 Å². The van der Waals surface area contributed by atoms with Crippen LogP contribution >= 0.6 is 0 Å². The van der Waals surface area contributed by atoms with E-state index < -0.39 is 27.2 Å². The lowest BCUT2D eigenvalue weighted by Gasteiger charge is -2.38. The molecule has 0 heterocycles. The fourth-order valence-corrected chi connectivity index (χ4v) is 6.51. The van der Waals surface area contributed by atoms with Crippen LogP contribution in [0.2, 0.25) is 0 Å². The second-order valence-corrected chi connectivity index (χ2v) is 11.6. The summed E-state index contributed by atoms with van der Waals surface area (Å²) in [6, 6.07) is 7.52. The summed E-state index contributed by atoms with van der Waals surface area (Å²) >= 11 is 0. The van der Waals surface area contributed by atoms with Crippen molar-refractivity contribution in [2.75, 3.05) is 0 Å². The van der Waals surface area contributed by atoms with Gasteiger partial charge in [0.15, 0.2) is 11.6 Å². The van der Waals surface area contributed by atoms with Gasteiger partial charge in [0.2, 0.25) is 0 Å². The van der Waals surface area contributed by atoms with Crippen LogP contribution in [0, 0.1) is 23.6 Å². The quantitative estimate of drug-likeness (QED) is 0.229. The maximum atomic E-state index is 14.7. The molecule has 0 amide bonds. The van der Waals surface area contributed by atoms with Crippen LogP contribution in [0.4, 0.5) is 17.6 Å². The number of benzene rings is 2. The van der Waals surface area contributed by atoms with Crippen LogP contribution in [0.15, 0.2) is 30.3 Å². The summed E-state index contributed by atoms with van der Waals surface area (Å²) in [6.07, 6.45) is 12.6. The van der Waals surface area contributed by atoms with Crippen LogP contribution in [0.5, 0.6) is 5.75 Å². The molecule has 0 unspecified atom stereocenters. The lowest BCUT2D eigenvalue weighted by Crippen LogP contribution is -2.28. The van der Waals surface area contributed by atoms with E-state index in [4.69, 9.17) is 0 Å². The van der Waals surface area contributed by atoms with Crippen molar-refractivity contribution in [3.05, 3.63) is 41.7 Å². The van der Waals surface area contributed by atoms with Gasteiger partial charge in [0.25, 0.3) is 0 Å². The zero-order chi connectivity index (χ0) is 24.5. The highest BCUT2D eigenvalue weighted by atomic mass is 32.2. The largest absolute Gasteiger partial charge is 0.534 e. The summed E-state index contributed by atoms with van der Waals surface area (Å²) in [5.74, 6) is 0.848. The van der Waals surface area contributed by atoms with E-state index in [1.54, 1.807) is 6.07 Å². The van der Waals surface area contributed by atoms with Crippen molar-refractivity contribution in [3.8, 4) is 5.75 Å². The Bertz CT molecular complexity index is 1100. The zero-order valence-electron chi connectivity index (χ0n) is 19.4. The SMILES string of the molecule is CCCC1CCC(C2CCC(c3ccc4c(F)c(OS(=O)(=O)C(F)(F)F)ccc4c3)CC2)CC1. The third kappa shape index (κ3) is 5.37. The first-order chi connectivity index (χ1) is 16.1.